The van der Waals surface area contributed by atoms with Gasteiger partial charge in [0.2, 0.25) is 5.78 Å². The van der Waals surface area contributed by atoms with E-state index < -0.39 is 0 Å². The first kappa shape index (κ1) is 9.30. The van der Waals surface area contributed by atoms with Crippen molar-refractivity contribution in [3.8, 4) is 0 Å². The van der Waals surface area contributed by atoms with E-state index in [1.807, 2.05) is 27.7 Å². The van der Waals surface area contributed by atoms with E-state index in [1.54, 1.807) is 0 Å². The van der Waals surface area contributed by atoms with Crippen LogP contribution in [0.4, 0.5) is 0 Å². The van der Waals surface area contributed by atoms with Crippen molar-refractivity contribution in [3.05, 3.63) is 11.3 Å². The average molecular weight is 168 g/mol. The molecule has 0 aromatic carbocycles. The fourth-order valence-electron chi connectivity index (χ4n) is 1.58. The molecule has 0 radical (unpaired) electrons. The van der Waals surface area contributed by atoms with E-state index in [1.165, 1.54) is 0 Å². The fourth-order valence-corrected chi connectivity index (χ4v) is 1.58. The summed E-state index contributed by atoms with van der Waals surface area (Å²) in [6.07, 6.45) is 0.704. The summed E-state index contributed by atoms with van der Waals surface area (Å²) in [4.78, 5) is 11.4. The molecule has 0 aromatic rings. The van der Waals surface area contributed by atoms with E-state index in [4.69, 9.17) is 0 Å². The Hall–Kier alpha value is -0.790. The first-order valence-electron chi connectivity index (χ1n) is 4.33. The molecule has 68 valence electrons. The van der Waals surface area contributed by atoms with Gasteiger partial charge in [-0.2, -0.15) is 0 Å². The molecule has 0 saturated heterocycles. The Balaban J connectivity index is 3.00. The van der Waals surface area contributed by atoms with Crippen molar-refractivity contribution in [2.24, 2.45) is 11.3 Å². The molecule has 0 heterocycles. The minimum absolute atomic E-state index is 0.00926. The topological polar surface area (TPSA) is 37.3 Å². The molecule has 1 aliphatic rings. The van der Waals surface area contributed by atoms with Crippen molar-refractivity contribution in [1.29, 1.82) is 0 Å². The summed E-state index contributed by atoms with van der Waals surface area (Å²) in [7, 11) is 0. The second kappa shape index (κ2) is 2.61. The normalized spacial score (nSPS) is 22.6. The van der Waals surface area contributed by atoms with Gasteiger partial charge in [-0.25, -0.2) is 0 Å². The fraction of sp³-hybridized carbons (Fsp3) is 0.700. The van der Waals surface area contributed by atoms with Gasteiger partial charge in [-0.05, 0) is 17.9 Å². The van der Waals surface area contributed by atoms with Gasteiger partial charge in [0.05, 0.1) is 0 Å². The molecule has 0 spiro atoms. The van der Waals surface area contributed by atoms with Crippen LogP contribution in [0.1, 0.15) is 34.1 Å². The number of allylic oxidation sites excluding steroid dienone is 2. The summed E-state index contributed by atoms with van der Waals surface area (Å²) < 4.78 is 0. The number of hydrogen-bond donors (Lipinski definition) is 1. The first-order valence-corrected chi connectivity index (χ1v) is 4.33. The summed E-state index contributed by atoms with van der Waals surface area (Å²) in [6, 6.07) is 0. The maximum absolute atomic E-state index is 11.4. The lowest BCUT2D eigenvalue weighted by atomic mass is 9.87. The summed E-state index contributed by atoms with van der Waals surface area (Å²) in [6.45, 7) is 7.75. The van der Waals surface area contributed by atoms with Gasteiger partial charge in [-0.1, -0.05) is 27.7 Å². The lowest BCUT2D eigenvalue weighted by Crippen LogP contribution is -2.19. The lowest BCUT2D eigenvalue weighted by molar-refractivity contribution is -0.124. The second-order valence-corrected chi connectivity index (χ2v) is 4.42. The van der Waals surface area contributed by atoms with Crippen molar-refractivity contribution >= 4 is 5.78 Å². The number of Topliss-reactive ketones (excluding diaryl/α,β-unsaturated/α-hetero) is 1. The number of carbonyl (C=O) groups excluding carboxylic acids is 1. The van der Waals surface area contributed by atoms with Crippen LogP contribution in [-0.2, 0) is 4.79 Å². The second-order valence-electron chi connectivity index (χ2n) is 4.42. The molecule has 0 bridgehead atoms. The van der Waals surface area contributed by atoms with Crippen LogP contribution in [-0.4, -0.2) is 10.9 Å². The third kappa shape index (κ3) is 1.26. The predicted octanol–water partition coefficient (Wildman–Crippen LogP) is 2.45. The molecule has 0 fully saturated rings. The molecule has 2 heteroatoms. The van der Waals surface area contributed by atoms with Crippen LogP contribution in [0.3, 0.4) is 0 Å². The van der Waals surface area contributed by atoms with E-state index >= 15 is 0 Å². The number of aliphatic hydroxyl groups excluding tert-OH is 1. The highest BCUT2D eigenvalue weighted by molar-refractivity contribution is 6.00. The zero-order valence-electron chi connectivity index (χ0n) is 8.14. The summed E-state index contributed by atoms with van der Waals surface area (Å²) in [5, 5.41) is 9.49. The number of hydrogen-bond acceptors (Lipinski definition) is 2. The Morgan fingerprint density at radius 3 is 2.08 bits per heavy atom. The molecule has 1 N–H and O–H groups in total. The van der Waals surface area contributed by atoms with Crippen molar-refractivity contribution in [1.82, 2.24) is 0 Å². The van der Waals surface area contributed by atoms with E-state index in [-0.39, 0.29) is 22.9 Å². The minimum Gasteiger partial charge on any atom is -0.504 e. The molecule has 0 unspecified atom stereocenters. The molecule has 2 nitrogen and oxygen atoms in total. The van der Waals surface area contributed by atoms with Crippen LogP contribution in [0.15, 0.2) is 11.3 Å². The van der Waals surface area contributed by atoms with E-state index in [0.29, 0.717) is 6.42 Å². The van der Waals surface area contributed by atoms with Crippen LogP contribution < -0.4 is 0 Å². The van der Waals surface area contributed by atoms with Gasteiger partial charge in [0.25, 0.3) is 0 Å². The quantitative estimate of drug-likeness (QED) is 0.653. The molecular formula is C10H16O2. The molecule has 1 rings (SSSR count). The van der Waals surface area contributed by atoms with Gasteiger partial charge >= 0.3 is 0 Å². The van der Waals surface area contributed by atoms with Crippen LogP contribution >= 0.6 is 0 Å². The SMILES string of the molecule is CC(C)C1=C(O)C(=O)C(C)(C)C1. The van der Waals surface area contributed by atoms with Crippen LogP contribution in [0.2, 0.25) is 0 Å². The smallest absolute Gasteiger partial charge is 0.202 e. The van der Waals surface area contributed by atoms with Gasteiger partial charge in [-0.15, -0.1) is 0 Å². The molecule has 0 amide bonds. The van der Waals surface area contributed by atoms with Gasteiger partial charge < -0.3 is 5.11 Å². The first-order chi connectivity index (χ1) is 5.36. The lowest BCUT2D eigenvalue weighted by Gasteiger charge is -2.15. The molecule has 12 heavy (non-hydrogen) atoms. The van der Waals surface area contributed by atoms with Crippen molar-refractivity contribution in [2.75, 3.05) is 0 Å². The highest BCUT2D eigenvalue weighted by Crippen LogP contribution is 2.39. The number of rotatable bonds is 1. The number of carbonyl (C=O) groups is 1. The monoisotopic (exact) mass is 168 g/mol. The Morgan fingerprint density at radius 2 is 1.92 bits per heavy atom. The molecule has 0 atom stereocenters. The Bertz CT molecular complexity index is 247. The Morgan fingerprint density at radius 1 is 1.42 bits per heavy atom. The average Bonchev–Trinajstić information content (AvgIpc) is 2.14. The maximum atomic E-state index is 11.4. The minimum atomic E-state index is -0.385. The van der Waals surface area contributed by atoms with E-state index in [0.717, 1.165) is 5.57 Å². The third-order valence-corrected chi connectivity index (χ3v) is 2.46. The molecule has 0 saturated carbocycles. The van der Waals surface area contributed by atoms with Crippen molar-refractivity contribution < 1.29 is 9.90 Å². The standard InChI is InChI=1S/C10H16O2/c1-6(2)7-5-10(3,4)9(12)8(7)11/h6,11H,5H2,1-4H3. The molecular weight excluding hydrogens is 152 g/mol. The van der Waals surface area contributed by atoms with Gasteiger partial charge in [0.15, 0.2) is 5.76 Å². The zero-order chi connectivity index (χ0) is 9.52. The highest BCUT2D eigenvalue weighted by atomic mass is 16.3. The largest absolute Gasteiger partial charge is 0.504 e. The maximum Gasteiger partial charge on any atom is 0.202 e. The van der Waals surface area contributed by atoms with Crippen LogP contribution in [0, 0.1) is 11.3 Å². The van der Waals surface area contributed by atoms with Gasteiger partial charge in [-0.3, -0.25) is 4.79 Å². The Labute approximate surface area is 73.3 Å². The van der Waals surface area contributed by atoms with Crippen molar-refractivity contribution in [2.45, 2.75) is 34.1 Å². The zero-order valence-corrected chi connectivity index (χ0v) is 8.14. The van der Waals surface area contributed by atoms with Crippen LogP contribution in [0.25, 0.3) is 0 Å². The number of ketones is 1. The van der Waals surface area contributed by atoms with Crippen molar-refractivity contribution in [3.63, 3.8) is 0 Å². The third-order valence-electron chi connectivity index (χ3n) is 2.46. The van der Waals surface area contributed by atoms with Gasteiger partial charge in [0.1, 0.15) is 0 Å². The predicted molar refractivity (Wildman–Crippen MR) is 47.9 cm³/mol. The summed E-state index contributed by atoms with van der Waals surface area (Å²) >= 11 is 0. The summed E-state index contributed by atoms with van der Waals surface area (Å²) in [5.74, 6) is 0.178. The highest BCUT2D eigenvalue weighted by Gasteiger charge is 2.40. The van der Waals surface area contributed by atoms with E-state index in [9.17, 15) is 9.90 Å². The van der Waals surface area contributed by atoms with Crippen LogP contribution in [0.5, 0.6) is 0 Å². The summed E-state index contributed by atoms with van der Waals surface area (Å²) in [5.41, 5.74) is 0.522. The Kier molecular flexibility index (Phi) is 2.02. The molecule has 1 aliphatic carbocycles. The molecule has 0 aromatic heterocycles. The number of aliphatic hydroxyl groups is 1. The van der Waals surface area contributed by atoms with Gasteiger partial charge in [0, 0.05) is 5.41 Å². The van der Waals surface area contributed by atoms with E-state index in [2.05, 4.69) is 0 Å². The molecule has 0 aliphatic heterocycles.